The van der Waals surface area contributed by atoms with Crippen molar-refractivity contribution in [3.8, 4) is 11.5 Å². The number of hydrogen-bond donors (Lipinski definition) is 0. The molecule has 1 aromatic heterocycles. The van der Waals surface area contributed by atoms with Gasteiger partial charge in [-0.25, -0.2) is 4.98 Å². The standard InChI is InChI=1S/C16H20N2O3/c1-4-8-18-9-7-17-16(18)11-13(19)12-5-6-14(20-2)15(10-12)21-3/h5-7,9-10H,4,8,11H2,1-3H3. The fourth-order valence-corrected chi connectivity index (χ4v) is 2.21. The summed E-state index contributed by atoms with van der Waals surface area (Å²) >= 11 is 0. The van der Waals surface area contributed by atoms with Crippen LogP contribution >= 0.6 is 0 Å². The van der Waals surface area contributed by atoms with E-state index >= 15 is 0 Å². The van der Waals surface area contributed by atoms with Crippen molar-refractivity contribution in [1.82, 2.24) is 9.55 Å². The van der Waals surface area contributed by atoms with Gasteiger partial charge in [0.05, 0.1) is 20.6 Å². The summed E-state index contributed by atoms with van der Waals surface area (Å²) in [6.07, 6.45) is 4.92. The Morgan fingerprint density at radius 1 is 1.24 bits per heavy atom. The van der Waals surface area contributed by atoms with E-state index in [0.29, 0.717) is 17.1 Å². The number of nitrogens with zero attached hydrogens (tertiary/aromatic N) is 2. The van der Waals surface area contributed by atoms with Crippen LogP contribution in [0.15, 0.2) is 30.6 Å². The van der Waals surface area contributed by atoms with Gasteiger partial charge < -0.3 is 14.0 Å². The van der Waals surface area contributed by atoms with Gasteiger partial charge in [0.25, 0.3) is 0 Å². The van der Waals surface area contributed by atoms with Crippen molar-refractivity contribution >= 4 is 5.78 Å². The summed E-state index contributed by atoms with van der Waals surface area (Å²) in [6, 6.07) is 5.19. The average molecular weight is 288 g/mol. The summed E-state index contributed by atoms with van der Waals surface area (Å²) in [4.78, 5) is 16.6. The first kappa shape index (κ1) is 15.1. The lowest BCUT2D eigenvalue weighted by Crippen LogP contribution is -2.10. The first-order valence-electron chi connectivity index (χ1n) is 6.94. The minimum absolute atomic E-state index is 0.0134. The molecule has 0 bridgehead atoms. The van der Waals surface area contributed by atoms with Crippen molar-refractivity contribution < 1.29 is 14.3 Å². The van der Waals surface area contributed by atoms with Gasteiger partial charge in [-0.15, -0.1) is 0 Å². The smallest absolute Gasteiger partial charge is 0.170 e. The van der Waals surface area contributed by atoms with Crippen LogP contribution in [-0.4, -0.2) is 29.6 Å². The molecule has 1 heterocycles. The van der Waals surface area contributed by atoms with Gasteiger partial charge in [-0.1, -0.05) is 6.92 Å². The van der Waals surface area contributed by atoms with Gasteiger partial charge in [-0.05, 0) is 24.6 Å². The van der Waals surface area contributed by atoms with E-state index in [9.17, 15) is 4.79 Å². The van der Waals surface area contributed by atoms with Crippen molar-refractivity contribution in [2.75, 3.05) is 14.2 Å². The molecule has 5 nitrogen and oxygen atoms in total. The highest BCUT2D eigenvalue weighted by Gasteiger charge is 2.14. The molecule has 1 aromatic carbocycles. The van der Waals surface area contributed by atoms with E-state index in [4.69, 9.17) is 9.47 Å². The first-order chi connectivity index (χ1) is 10.2. The number of carbonyl (C=O) groups is 1. The van der Waals surface area contributed by atoms with Crippen molar-refractivity contribution in [1.29, 1.82) is 0 Å². The minimum atomic E-state index is 0.0134. The molecular formula is C16H20N2O3. The summed E-state index contributed by atoms with van der Waals surface area (Å²) < 4.78 is 12.4. The number of ketones is 1. The van der Waals surface area contributed by atoms with E-state index in [1.54, 1.807) is 38.6 Å². The number of imidazole rings is 1. The second kappa shape index (κ2) is 6.92. The van der Waals surface area contributed by atoms with Crippen LogP contribution < -0.4 is 9.47 Å². The Hall–Kier alpha value is -2.30. The summed E-state index contributed by atoms with van der Waals surface area (Å²) in [5, 5.41) is 0. The fourth-order valence-electron chi connectivity index (χ4n) is 2.21. The number of hydrogen-bond acceptors (Lipinski definition) is 4. The molecule has 0 aliphatic rings. The van der Waals surface area contributed by atoms with Gasteiger partial charge in [-0.3, -0.25) is 4.79 Å². The second-order valence-corrected chi connectivity index (χ2v) is 4.71. The first-order valence-corrected chi connectivity index (χ1v) is 6.94. The van der Waals surface area contributed by atoms with Crippen LogP contribution in [0.25, 0.3) is 0 Å². The highest BCUT2D eigenvalue weighted by molar-refractivity contribution is 5.97. The molecule has 0 saturated carbocycles. The van der Waals surface area contributed by atoms with E-state index in [1.807, 2.05) is 10.8 Å². The third kappa shape index (κ3) is 3.42. The number of aryl methyl sites for hydroxylation is 1. The molecule has 0 aliphatic carbocycles. The van der Waals surface area contributed by atoms with Crippen LogP contribution in [0.1, 0.15) is 29.5 Å². The van der Waals surface area contributed by atoms with Crippen molar-refractivity contribution in [2.45, 2.75) is 26.3 Å². The zero-order valence-electron chi connectivity index (χ0n) is 12.6. The molecule has 0 atom stereocenters. The Morgan fingerprint density at radius 3 is 2.67 bits per heavy atom. The zero-order chi connectivity index (χ0) is 15.2. The highest BCUT2D eigenvalue weighted by Crippen LogP contribution is 2.28. The maximum Gasteiger partial charge on any atom is 0.170 e. The quantitative estimate of drug-likeness (QED) is 0.735. The molecule has 112 valence electrons. The SMILES string of the molecule is CCCn1ccnc1CC(=O)c1ccc(OC)c(OC)c1. The molecule has 5 heteroatoms. The Balaban J connectivity index is 2.18. The second-order valence-electron chi connectivity index (χ2n) is 4.71. The Labute approximate surface area is 124 Å². The Morgan fingerprint density at radius 2 is 2.00 bits per heavy atom. The fraction of sp³-hybridized carbons (Fsp3) is 0.375. The number of Topliss-reactive ketones (excluding diaryl/α,β-unsaturated/α-hetero) is 1. The molecule has 0 fully saturated rings. The average Bonchev–Trinajstić information content (AvgIpc) is 2.94. The van der Waals surface area contributed by atoms with Crippen LogP contribution in [-0.2, 0) is 13.0 Å². The van der Waals surface area contributed by atoms with E-state index in [-0.39, 0.29) is 12.2 Å². The summed E-state index contributed by atoms with van der Waals surface area (Å²) in [5.74, 6) is 1.97. The molecule has 0 amide bonds. The molecule has 0 spiro atoms. The number of ether oxygens (including phenoxy) is 2. The predicted octanol–water partition coefficient (Wildman–Crippen LogP) is 2.74. The predicted molar refractivity (Wildman–Crippen MR) is 80.1 cm³/mol. The largest absolute Gasteiger partial charge is 0.493 e. The van der Waals surface area contributed by atoms with Gasteiger partial charge in [0, 0.05) is 24.5 Å². The third-order valence-electron chi connectivity index (χ3n) is 3.29. The summed E-state index contributed by atoms with van der Waals surface area (Å²) in [5.41, 5.74) is 0.596. The lowest BCUT2D eigenvalue weighted by atomic mass is 10.1. The normalized spacial score (nSPS) is 10.4. The van der Waals surface area contributed by atoms with Crippen LogP contribution in [0.5, 0.6) is 11.5 Å². The Kier molecular flexibility index (Phi) is 4.98. The van der Waals surface area contributed by atoms with Crippen molar-refractivity contribution in [2.24, 2.45) is 0 Å². The van der Waals surface area contributed by atoms with Crippen LogP contribution in [0, 0.1) is 0 Å². The zero-order valence-corrected chi connectivity index (χ0v) is 12.6. The van der Waals surface area contributed by atoms with Crippen LogP contribution in [0.3, 0.4) is 0 Å². The van der Waals surface area contributed by atoms with Crippen molar-refractivity contribution in [3.05, 3.63) is 42.0 Å². The van der Waals surface area contributed by atoms with Gasteiger partial charge in [0.15, 0.2) is 17.3 Å². The van der Waals surface area contributed by atoms with Crippen molar-refractivity contribution in [3.63, 3.8) is 0 Å². The molecular weight excluding hydrogens is 268 g/mol. The van der Waals surface area contributed by atoms with Gasteiger partial charge in [0.1, 0.15) is 5.82 Å². The maximum absolute atomic E-state index is 12.4. The monoisotopic (exact) mass is 288 g/mol. The lowest BCUT2D eigenvalue weighted by molar-refractivity contribution is 0.0989. The van der Waals surface area contributed by atoms with E-state index < -0.39 is 0 Å². The number of carbonyl (C=O) groups excluding carboxylic acids is 1. The summed E-state index contributed by atoms with van der Waals surface area (Å²) in [7, 11) is 3.13. The van der Waals surface area contributed by atoms with Gasteiger partial charge in [-0.2, -0.15) is 0 Å². The van der Waals surface area contributed by atoms with E-state index in [0.717, 1.165) is 18.8 Å². The molecule has 21 heavy (non-hydrogen) atoms. The number of aromatic nitrogens is 2. The molecule has 0 radical (unpaired) electrons. The topological polar surface area (TPSA) is 53.4 Å². The number of methoxy groups -OCH3 is 2. The lowest BCUT2D eigenvalue weighted by Gasteiger charge is -2.09. The molecule has 0 unspecified atom stereocenters. The third-order valence-corrected chi connectivity index (χ3v) is 3.29. The van der Waals surface area contributed by atoms with E-state index in [2.05, 4.69) is 11.9 Å². The van der Waals surface area contributed by atoms with Crippen LogP contribution in [0.4, 0.5) is 0 Å². The number of rotatable bonds is 7. The highest BCUT2D eigenvalue weighted by atomic mass is 16.5. The molecule has 0 N–H and O–H groups in total. The minimum Gasteiger partial charge on any atom is -0.493 e. The summed E-state index contributed by atoms with van der Waals surface area (Å²) in [6.45, 7) is 2.97. The van der Waals surface area contributed by atoms with Gasteiger partial charge in [0.2, 0.25) is 0 Å². The Bertz CT molecular complexity index is 620. The molecule has 2 aromatic rings. The molecule has 0 saturated heterocycles. The molecule has 2 rings (SSSR count). The van der Waals surface area contributed by atoms with Crippen LogP contribution in [0.2, 0.25) is 0 Å². The van der Waals surface area contributed by atoms with E-state index in [1.165, 1.54) is 0 Å². The molecule has 0 aliphatic heterocycles. The maximum atomic E-state index is 12.4. The van der Waals surface area contributed by atoms with Gasteiger partial charge >= 0.3 is 0 Å². The number of benzene rings is 1.